The van der Waals surface area contributed by atoms with E-state index in [1.165, 1.54) is 24.3 Å². The average molecular weight is 348 g/mol. The molecule has 1 atom stereocenters. The second-order valence-electron chi connectivity index (χ2n) is 5.86. The quantitative estimate of drug-likeness (QED) is 0.892. The Morgan fingerprint density at radius 2 is 1.88 bits per heavy atom. The Morgan fingerprint density at radius 1 is 1.17 bits per heavy atom. The van der Waals surface area contributed by atoms with E-state index in [1.807, 2.05) is 0 Å². The molecule has 24 heavy (non-hydrogen) atoms. The van der Waals surface area contributed by atoms with Gasteiger partial charge in [-0.25, -0.2) is 12.8 Å². The van der Waals surface area contributed by atoms with E-state index < -0.39 is 10.0 Å². The SMILES string of the molecule is CS(=O)(=O)Nc1ccc(C(=O)N[C@@H]2CCc3cc(F)ccc32)cc1. The maximum atomic E-state index is 13.2. The molecule has 0 unspecified atom stereocenters. The molecule has 0 aromatic heterocycles. The molecule has 1 aliphatic carbocycles. The van der Waals surface area contributed by atoms with Crippen LogP contribution in [0, 0.1) is 5.82 Å². The monoisotopic (exact) mass is 348 g/mol. The van der Waals surface area contributed by atoms with Crippen LogP contribution < -0.4 is 10.0 Å². The summed E-state index contributed by atoms with van der Waals surface area (Å²) in [6.07, 6.45) is 2.53. The first-order chi connectivity index (χ1) is 11.3. The number of sulfonamides is 1. The zero-order valence-corrected chi connectivity index (χ0v) is 13.9. The molecular weight excluding hydrogens is 331 g/mol. The Balaban J connectivity index is 1.70. The van der Waals surface area contributed by atoms with Gasteiger partial charge in [0.25, 0.3) is 5.91 Å². The van der Waals surface area contributed by atoms with Gasteiger partial charge >= 0.3 is 0 Å². The van der Waals surface area contributed by atoms with E-state index >= 15 is 0 Å². The topological polar surface area (TPSA) is 75.3 Å². The van der Waals surface area contributed by atoms with Crippen molar-refractivity contribution in [3.8, 4) is 0 Å². The van der Waals surface area contributed by atoms with Crippen LogP contribution in [0.5, 0.6) is 0 Å². The van der Waals surface area contributed by atoms with Crippen molar-refractivity contribution < 1.29 is 17.6 Å². The molecule has 126 valence electrons. The number of rotatable bonds is 4. The number of amides is 1. The number of carbonyl (C=O) groups is 1. The molecule has 0 bridgehead atoms. The lowest BCUT2D eigenvalue weighted by Crippen LogP contribution is -2.27. The molecule has 7 heteroatoms. The minimum Gasteiger partial charge on any atom is -0.345 e. The Labute approximate surface area is 139 Å². The van der Waals surface area contributed by atoms with Crippen LogP contribution in [0.4, 0.5) is 10.1 Å². The largest absolute Gasteiger partial charge is 0.345 e. The number of fused-ring (bicyclic) bond motifs is 1. The highest BCUT2D eigenvalue weighted by atomic mass is 32.2. The summed E-state index contributed by atoms with van der Waals surface area (Å²) in [7, 11) is -3.35. The number of benzene rings is 2. The first-order valence-corrected chi connectivity index (χ1v) is 9.38. The van der Waals surface area contributed by atoms with Crippen LogP contribution in [0.1, 0.15) is 33.9 Å². The van der Waals surface area contributed by atoms with Gasteiger partial charge in [-0.1, -0.05) is 6.07 Å². The van der Waals surface area contributed by atoms with Crippen LogP contribution in [0.3, 0.4) is 0 Å². The Morgan fingerprint density at radius 3 is 2.54 bits per heavy atom. The van der Waals surface area contributed by atoms with E-state index in [2.05, 4.69) is 10.0 Å². The third kappa shape index (κ3) is 3.73. The van der Waals surface area contributed by atoms with Gasteiger partial charge in [0.15, 0.2) is 0 Å². The van der Waals surface area contributed by atoms with Gasteiger partial charge in [-0.05, 0) is 60.4 Å². The summed E-state index contributed by atoms with van der Waals surface area (Å²) in [4.78, 5) is 12.4. The van der Waals surface area contributed by atoms with Crippen LogP contribution in [-0.4, -0.2) is 20.6 Å². The lowest BCUT2D eigenvalue weighted by atomic mass is 10.1. The number of anilines is 1. The highest BCUT2D eigenvalue weighted by molar-refractivity contribution is 7.92. The van der Waals surface area contributed by atoms with Gasteiger partial charge in [-0.2, -0.15) is 0 Å². The fraction of sp³-hybridized carbons (Fsp3) is 0.235. The zero-order chi connectivity index (χ0) is 17.3. The average Bonchev–Trinajstić information content (AvgIpc) is 2.88. The molecule has 2 aromatic rings. The normalized spacial score (nSPS) is 16.5. The first kappa shape index (κ1) is 16.4. The number of nitrogens with one attached hydrogen (secondary N) is 2. The number of hydrogen-bond acceptors (Lipinski definition) is 3. The van der Waals surface area contributed by atoms with Gasteiger partial charge in [-0.15, -0.1) is 0 Å². The number of aryl methyl sites for hydroxylation is 1. The van der Waals surface area contributed by atoms with Gasteiger partial charge in [0.1, 0.15) is 5.82 Å². The summed E-state index contributed by atoms with van der Waals surface area (Å²) in [5.41, 5.74) is 2.70. The van der Waals surface area contributed by atoms with Crippen molar-refractivity contribution in [1.82, 2.24) is 5.32 Å². The minimum absolute atomic E-state index is 0.137. The molecule has 0 saturated carbocycles. The Bertz CT molecular complexity index is 879. The van der Waals surface area contributed by atoms with Crippen LogP contribution in [0.2, 0.25) is 0 Å². The molecule has 0 aliphatic heterocycles. The Kier molecular flexibility index (Phi) is 4.28. The summed E-state index contributed by atoms with van der Waals surface area (Å²) >= 11 is 0. The molecule has 1 aliphatic rings. The van der Waals surface area contributed by atoms with Crippen molar-refractivity contribution in [2.45, 2.75) is 18.9 Å². The van der Waals surface area contributed by atoms with Crippen LogP contribution >= 0.6 is 0 Å². The molecule has 1 amide bonds. The maximum Gasteiger partial charge on any atom is 0.251 e. The fourth-order valence-electron chi connectivity index (χ4n) is 2.88. The van der Waals surface area contributed by atoms with Crippen molar-refractivity contribution in [1.29, 1.82) is 0 Å². The lowest BCUT2D eigenvalue weighted by Gasteiger charge is -2.14. The summed E-state index contributed by atoms with van der Waals surface area (Å²) in [5.74, 6) is -0.516. The van der Waals surface area contributed by atoms with E-state index in [9.17, 15) is 17.6 Å². The van der Waals surface area contributed by atoms with Crippen molar-refractivity contribution in [2.24, 2.45) is 0 Å². The summed E-state index contributed by atoms with van der Waals surface area (Å²) in [6.45, 7) is 0. The molecular formula is C17H17FN2O3S. The second-order valence-corrected chi connectivity index (χ2v) is 7.61. The van der Waals surface area contributed by atoms with Crippen molar-refractivity contribution in [2.75, 3.05) is 11.0 Å². The van der Waals surface area contributed by atoms with Crippen LogP contribution in [0.25, 0.3) is 0 Å². The molecule has 3 rings (SSSR count). The van der Waals surface area contributed by atoms with E-state index in [1.54, 1.807) is 18.2 Å². The molecule has 0 heterocycles. The molecule has 0 spiro atoms. The zero-order valence-electron chi connectivity index (χ0n) is 13.0. The smallest absolute Gasteiger partial charge is 0.251 e. The number of carbonyl (C=O) groups excluding carboxylic acids is 1. The van der Waals surface area contributed by atoms with Crippen LogP contribution in [0.15, 0.2) is 42.5 Å². The van der Waals surface area contributed by atoms with Crippen molar-refractivity contribution in [3.05, 3.63) is 65.0 Å². The summed E-state index contributed by atoms with van der Waals surface area (Å²) in [6, 6.07) is 10.7. The third-order valence-corrected chi connectivity index (χ3v) is 4.54. The standard InChI is InChI=1S/C17H17FN2O3S/c1-24(22,23)20-14-6-2-11(3-7-14)17(21)19-16-9-4-12-10-13(18)5-8-15(12)16/h2-3,5-8,10,16,20H,4,9H2,1H3,(H,19,21)/t16-/m1/s1. The fourth-order valence-corrected chi connectivity index (χ4v) is 3.45. The van der Waals surface area contributed by atoms with E-state index in [-0.39, 0.29) is 17.8 Å². The number of halogens is 1. The van der Waals surface area contributed by atoms with Gasteiger partial charge in [-0.3, -0.25) is 9.52 Å². The van der Waals surface area contributed by atoms with E-state index in [0.29, 0.717) is 11.3 Å². The van der Waals surface area contributed by atoms with Gasteiger partial charge < -0.3 is 5.32 Å². The molecule has 2 N–H and O–H groups in total. The second kappa shape index (κ2) is 6.24. The number of hydrogen-bond donors (Lipinski definition) is 2. The molecule has 2 aromatic carbocycles. The van der Waals surface area contributed by atoms with Gasteiger partial charge in [0.05, 0.1) is 12.3 Å². The first-order valence-electron chi connectivity index (χ1n) is 7.49. The highest BCUT2D eigenvalue weighted by Crippen LogP contribution is 2.31. The molecule has 0 fully saturated rings. The molecule has 5 nitrogen and oxygen atoms in total. The van der Waals surface area contributed by atoms with E-state index in [0.717, 1.165) is 30.2 Å². The highest BCUT2D eigenvalue weighted by Gasteiger charge is 2.24. The summed E-state index contributed by atoms with van der Waals surface area (Å²) in [5, 5.41) is 2.94. The van der Waals surface area contributed by atoms with Crippen LogP contribution in [-0.2, 0) is 16.4 Å². The third-order valence-electron chi connectivity index (χ3n) is 3.94. The molecule has 0 saturated heterocycles. The molecule has 0 radical (unpaired) electrons. The predicted molar refractivity (Wildman–Crippen MR) is 89.8 cm³/mol. The lowest BCUT2D eigenvalue weighted by molar-refractivity contribution is 0.0936. The minimum atomic E-state index is -3.35. The maximum absolute atomic E-state index is 13.2. The summed E-state index contributed by atoms with van der Waals surface area (Å²) < 4.78 is 37.9. The van der Waals surface area contributed by atoms with E-state index in [4.69, 9.17) is 0 Å². The van der Waals surface area contributed by atoms with Crippen molar-refractivity contribution in [3.63, 3.8) is 0 Å². The Hall–Kier alpha value is -2.41. The van der Waals surface area contributed by atoms with Gasteiger partial charge in [0, 0.05) is 11.3 Å². The van der Waals surface area contributed by atoms with Gasteiger partial charge in [0.2, 0.25) is 10.0 Å². The van der Waals surface area contributed by atoms with Crippen molar-refractivity contribution >= 4 is 21.6 Å². The predicted octanol–water partition coefficient (Wildman–Crippen LogP) is 2.61.